The number of nitrogens with zero attached hydrogens (tertiary/aromatic N) is 3. The number of Topliss-reactive ketones (excluding diaryl/α,β-unsaturated/α-hetero) is 1. The minimum absolute atomic E-state index is 0.114. The van der Waals surface area contributed by atoms with Crippen LogP contribution in [0.25, 0.3) is 10.9 Å². The van der Waals surface area contributed by atoms with Crippen molar-refractivity contribution in [3.8, 4) is 0 Å². The molecular weight excluding hydrogens is 321 g/mol. The monoisotopic (exact) mass is 339 g/mol. The van der Waals surface area contributed by atoms with E-state index in [1.165, 1.54) is 29.1 Å². The Labute approximate surface area is 144 Å². The molecule has 0 aliphatic heterocycles. The Morgan fingerprint density at radius 1 is 1.32 bits per heavy atom. The topological polar surface area (TPSA) is 56.9 Å². The lowest BCUT2D eigenvalue weighted by atomic mass is 10.1. The van der Waals surface area contributed by atoms with Crippen molar-refractivity contribution in [2.45, 2.75) is 26.9 Å². The maximum absolute atomic E-state index is 13.2. The van der Waals surface area contributed by atoms with Gasteiger partial charge in [-0.3, -0.25) is 14.2 Å². The van der Waals surface area contributed by atoms with E-state index in [1.54, 1.807) is 6.08 Å². The van der Waals surface area contributed by atoms with Crippen LogP contribution in [0, 0.1) is 19.7 Å². The number of carbonyl (C=O) groups is 1. The van der Waals surface area contributed by atoms with E-state index in [2.05, 4.69) is 11.6 Å². The van der Waals surface area contributed by atoms with E-state index in [1.807, 2.05) is 24.5 Å². The smallest absolute Gasteiger partial charge is 0.261 e. The van der Waals surface area contributed by atoms with Gasteiger partial charge in [-0.15, -0.1) is 6.58 Å². The molecule has 5 nitrogen and oxygen atoms in total. The van der Waals surface area contributed by atoms with E-state index >= 15 is 0 Å². The summed E-state index contributed by atoms with van der Waals surface area (Å²) in [6, 6.07) is 5.61. The van der Waals surface area contributed by atoms with Gasteiger partial charge in [0.15, 0.2) is 5.78 Å². The van der Waals surface area contributed by atoms with Gasteiger partial charge in [-0.25, -0.2) is 9.37 Å². The average molecular weight is 339 g/mol. The number of rotatable bonds is 5. The molecule has 0 amide bonds. The van der Waals surface area contributed by atoms with E-state index in [-0.39, 0.29) is 28.8 Å². The molecule has 2 aromatic heterocycles. The molecule has 0 N–H and O–H groups in total. The lowest BCUT2D eigenvalue weighted by Crippen LogP contribution is -2.25. The molecule has 0 saturated carbocycles. The normalized spacial score (nSPS) is 11.0. The fourth-order valence-corrected chi connectivity index (χ4v) is 2.98. The minimum atomic E-state index is -0.456. The number of benzene rings is 1. The van der Waals surface area contributed by atoms with E-state index in [9.17, 15) is 14.0 Å². The summed E-state index contributed by atoms with van der Waals surface area (Å²) in [5, 5.41) is 0.286. The van der Waals surface area contributed by atoms with Crippen LogP contribution < -0.4 is 5.56 Å². The lowest BCUT2D eigenvalue weighted by Gasteiger charge is -2.08. The quantitative estimate of drug-likeness (QED) is 0.530. The zero-order chi connectivity index (χ0) is 18.1. The van der Waals surface area contributed by atoms with Crippen molar-refractivity contribution >= 4 is 16.7 Å². The van der Waals surface area contributed by atoms with Crippen molar-refractivity contribution in [1.82, 2.24) is 14.1 Å². The maximum atomic E-state index is 13.2. The van der Waals surface area contributed by atoms with Crippen molar-refractivity contribution in [1.29, 1.82) is 0 Å². The molecule has 3 rings (SSSR count). The van der Waals surface area contributed by atoms with Crippen LogP contribution in [0.15, 0.2) is 48.0 Å². The van der Waals surface area contributed by atoms with Gasteiger partial charge < -0.3 is 4.57 Å². The number of hydrogen-bond acceptors (Lipinski definition) is 3. The molecule has 6 heteroatoms. The summed E-state index contributed by atoms with van der Waals surface area (Å²) in [6.45, 7) is 8.02. The van der Waals surface area contributed by atoms with Gasteiger partial charge in [0.1, 0.15) is 5.82 Å². The highest BCUT2D eigenvalue weighted by molar-refractivity contribution is 5.97. The van der Waals surface area contributed by atoms with E-state index in [0.717, 1.165) is 11.4 Å². The molecule has 128 valence electrons. The molecule has 0 bridgehead atoms. The highest BCUT2D eigenvalue weighted by atomic mass is 19.1. The molecule has 0 aliphatic carbocycles. The Bertz CT molecular complexity index is 1050. The van der Waals surface area contributed by atoms with Crippen LogP contribution in [0.3, 0.4) is 0 Å². The van der Waals surface area contributed by atoms with Gasteiger partial charge >= 0.3 is 0 Å². The summed E-state index contributed by atoms with van der Waals surface area (Å²) in [5.41, 5.74) is 2.29. The van der Waals surface area contributed by atoms with Crippen LogP contribution in [0.1, 0.15) is 21.7 Å². The third kappa shape index (κ3) is 3.03. The molecule has 0 unspecified atom stereocenters. The predicted molar refractivity (Wildman–Crippen MR) is 94.4 cm³/mol. The summed E-state index contributed by atoms with van der Waals surface area (Å²) in [5.74, 6) is -0.628. The third-order valence-corrected chi connectivity index (χ3v) is 4.29. The summed E-state index contributed by atoms with van der Waals surface area (Å²) in [7, 11) is 0. The second kappa shape index (κ2) is 6.47. The average Bonchev–Trinajstić information content (AvgIpc) is 2.86. The minimum Gasteiger partial charge on any atom is -0.345 e. The van der Waals surface area contributed by atoms with E-state index in [0.29, 0.717) is 12.1 Å². The first-order valence-electron chi connectivity index (χ1n) is 7.88. The standard InChI is InChI=1S/C19H18FN3O2/c1-4-7-23-12(2)8-16(13(23)3)18(24)10-22-11-21-17-9-14(20)5-6-15(17)19(22)25/h4-6,8-9,11H,1,7,10H2,2-3H3. The van der Waals surface area contributed by atoms with Gasteiger partial charge in [-0.2, -0.15) is 0 Å². The number of halogens is 1. The van der Waals surface area contributed by atoms with Crippen molar-refractivity contribution in [2.24, 2.45) is 0 Å². The highest BCUT2D eigenvalue weighted by Gasteiger charge is 2.16. The molecule has 0 aliphatic rings. The first-order chi connectivity index (χ1) is 11.9. The van der Waals surface area contributed by atoms with Gasteiger partial charge in [-0.1, -0.05) is 6.08 Å². The number of aromatic nitrogens is 3. The Morgan fingerprint density at radius 2 is 2.08 bits per heavy atom. The first kappa shape index (κ1) is 16.8. The second-order valence-corrected chi connectivity index (χ2v) is 5.95. The molecule has 1 aromatic carbocycles. The number of aryl methyl sites for hydroxylation is 1. The summed E-state index contributed by atoms with van der Waals surface area (Å²) >= 11 is 0. The van der Waals surface area contributed by atoms with Crippen LogP contribution in [0.2, 0.25) is 0 Å². The highest BCUT2D eigenvalue weighted by Crippen LogP contribution is 2.16. The van der Waals surface area contributed by atoms with Crippen LogP contribution in [0.5, 0.6) is 0 Å². The maximum Gasteiger partial charge on any atom is 0.261 e. The molecule has 2 heterocycles. The first-order valence-corrected chi connectivity index (χ1v) is 7.88. The molecule has 25 heavy (non-hydrogen) atoms. The Hall–Kier alpha value is -3.02. The Morgan fingerprint density at radius 3 is 2.80 bits per heavy atom. The van der Waals surface area contributed by atoms with Crippen molar-refractivity contribution < 1.29 is 9.18 Å². The van der Waals surface area contributed by atoms with Crippen molar-refractivity contribution in [2.75, 3.05) is 0 Å². The second-order valence-electron chi connectivity index (χ2n) is 5.95. The molecule has 0 saturated heterocycles. The van der Waals surface area contributed by atoms with Crippen LogP contribution >= 0.6 is 0 Å². The molecule has 0 atom stereocenters. The van der Waals surface area contributed by atoms with E-state index in [4.69, 9.17) is 0 Å². The fourth-order valence-electron chi connectivity index (χ4n) is 2.98. The third-order valence-electron chi connectivity index (χ3n) is 4.29. The van der Waals surface area contributed by atoms with Gasteiger partial charge in [0.25, 0.3) is 5.56 Å². The molecule has 3 aromatic rings. The molecule has 0 radical (unpaired) electrons. The Balaban J connectivity index is 1.96. The molecule has 0 spiro atoms. The van der Waals surface area contributed by atoms with Gasteiger partial charge in [0.2, 0.25) is 0 Å². The van der Waals surface area contributed by atoms with Gasteiger partial charge in [0, 0.05) is 29.6 Å². The lowest BCUT2D eigenvalue weighted by molar-refractivity contribution is 0.0970. The number of carbonyl (C=O) groups excluding carboxylic acids is 1. The van der Waals surface area contributed by atoms with Gasteiger partial charge in [-0.05, 0) is 32.0 Å². The van der Waals surface area contributed by atoms with Crippen LogP contribution in [0.4, 0.5) is 4.39 Å². The van der Waals surface area contributed by atoms with Crippen molar-refractivity contribution in [3.63, 3.8) is 0 Å². The number of fused-ring (bicyclic) bond motifs is 1. The van der Waals surface area contributed by atoms with E-state index < -0.39 is 5.82 Å². The van der Waals surface area contributed by atoms with Gasteiger partial charge in [0.05, 0.1) is 23.8 Å². The number of allylic oxidation sites excluding steroid dienone is 1. The fraction of sp³-hybridized carbons (Fsp3) is 0.211. The SMILES string of the molecule is C=CCn1c(C)cc(C(=O)Cn2cnc3cc(F)ccc3c2=O)c1C. The van der Waals surface area contributed by atoms with Crippen LogP contribution in [-0.2, 0) is 13.1 Å². The molecular formula is C19H18FN3O2. The zero-order valence-corrected chi connectivity index (χ0v) is 14.1. The summed E-state index contributed by atoms with van der Waals surface area (Å²) in [4.78, 5) is 29.2. The van der Waals surface area contributed by atoms with Crippen LogP contribution in [-0.4, -0.2) is 19.9 Å². The zero-order valence-electron chi connectivity index (χ0n) is 14.1. The summed E-state index contributed by atoms with van der Waals surface area (Å²) in [6.07, 6.45) is 3.05. The summed E-state index contributed by atoms with van der Waals surface area (Å²) < 4.78 is 16.5. The largest absolute Gasteiger partial charge is 0.345 e. The predicted octanol–water partition coefficient (Wildman–Crippen LogP) is 3.02. The molecule has 0 fully saturated rings. The number of ketones is 1. The van der Waals surface area contributed by atoms with Crippen molar-refractivity contribution in [3.05, 3.63) is 76.4 Å². The number of hydrogen-bond donors (Lipinski definition) is 0. The Kier molecular flexibility index (Phi) is 4.35.